The van der Waals surface area contributed by atoms with Gasteiger partial charge in [0.1, 0.15) is 0 Å². The molecule has 0 saturated carbocycles. The van der Waals surface area contributed by atoms with Crippen LogP contribution in [0.15, 0.2) is 30.8 Å². The Labute approximate surface area is 163 Å². The summed E-state index contributed by atoms with van der Waals surface area (Å²) in [5.41, 5.74) is 2.69. The van der Waals surface area contributed by atoms with Crippen molar-refractivity contribution in [1.82, 2.24) is 4.90 Å². The van der Waals surface area contributed by atoms with E-state index in [1.807, 2.05) is 6.08 Å². The largest absolute Gasteiger partial charge is 0.309 e. The molecule has 0 saturated heterocycles. The average Bonchev–Trinajstić information content (AvgIpc) is 2.65. The molecule has 0 unspecified atom stereocenters. The zero-order valence-corrected chi connectivity index (χ0v) is 17.6. The van der Waals surface area contributed by atoms with Gasteiger partial charge in [0.2, 0.25) is 0 Å². The number of unbranched alkanes of at least 4 members (excludes halogenated alkanes) is 12. The molecular formula is C25H43N. The van der Waals surface area contributed by atoms with Crippen molar-refractivity contribution in [3.63, 3.8) is 0 Å². The molecule has 1 aromatic carbocycles. The van der Waals surface area contributed by atoms with Gasteiger partial charge in [-0.2, -0.15) is 0 Å². The first-order chi connectivity index (χ1) is 12.7. The van der Waals surface area contributed by atoms with Gasteiger partial charge in [-0.1, -0.05) is 108 Å². The number of nitrogens with zero attached hydrogens (tertiary/aromatic N) is 1. The Bertz CT molecular complexity index is 432. The lowest BCUT2D eigenvalue weighted by atomic mass is 10.0. The van der Waals surface area contributed by atoms with Gasteiger partial charge in [-0.15, -0.1) is 0 Å². The number of benzene rings is 1. The predicted molar refractivity (Wildman–Crippen MR) is 119 cm³/mol. The number of rotatable bonds is 17. The first-order valence-corrected chi connectivity index (χ1v) is 11.1. The summed E-state index contributed by atoms with van der Waals surface area (Å²) in [5.74, 6) is 0. The van der Waals surface area contributed by atoms with Gasteiger partial charge < -0.3 is 4.90 Å². The topological polar surface area (TPSA) is 3.24 Å². The van der Waals surface area contributed by atoms with Crippen molar-refractivity contribution in [2.75, 3.05) is 20.6 Å². The van der Waals surface area contributed by atoms with Gasteiger partial charge in [0.25, 0.3) is 0 Å². The van der Waals surface area contributed by atoms with E-state index in [2.05, 4.69) is 49.8 Å². The second-order valence-corrected chi connectivity index (χ2v) is 8.10. The summed E-state index contributed by atoms with van der Waals surface area (Å²) in [5, 5.41) is 0. The van der Waals surface area contributed by atoms with Crippen LogP contribution in [0.3, 0.4) is 0 Å². The van der Waals surface area contributed by atoms with Crippen LogP contribution in [0.1, 0.15) is 94.6 Å². The van der Waals surface area contributed by atoms with E-state index >= 15 is 0 Å². The van der Waals surface area contributed by atoms with Crippen LogP contribution in [0, 0.1) is 0 Å². The Morgan fingerprint density at radius 2 is 1.08 bits per heavy atom. The molecule has 0 aliphatic carbocycles. The second kappa shape index (κ2) is 16.1. The van der Waals surface area contributed by atoms with Crippen LogP contribution in [-0.4, -0.2) is 25.5 Å². The Balaban J connectivity index is 1.78. The summed E-state index contributed by atoms with van der Waals surface area (Å²) < 4.78 is 0. The van der Waals surface area contributed by atoms with Gasteiger partial charge in [-0.25, -0.2) is 0 Å². The lowest BCUT2D eigenvalue weighted by Crippen LogP contribution is -2.12. The molecule has 0 aromatic heterocycles. The lowest BCUT2D eigenvalue weighted by molar-refractivity contribution is 0.389. The van der Waals surface area contributed by atoms with E-state index in [9.17, 15) is 0 Å². The monoisotopic (exact) mass is 357 g/mol. The highest BCUT2D eigenvalue weighted by atomic mass is 15.0. The fraction of sp³-hybridized carbons (Fsp3) is 0.680. The highest BCUT2D eigenvalue weighted by molar-refractivity contribution is 5.47. The van der Waals surface area contributed by atoms with E-state index in [1.54, 1.807) is 0 Å². The third-order valence-electron chi connectivity index (χ3n) is 5.29. The van der Waals surface area contributed by atoms with E-state index in [4.69, 9.17) is 0 Å². The second-order valence-electron chi connectivity index (χ2n) is 8.10. The van der Waals surface area contributed by atoms with Crippen molar-refractivity contribution >= 4 is 6.08 Å². The maximum Gasteiger partial charge on any atom is -0.00248 e. The van der Waals surface area contributed by atoms with Crippen molar-refractivity contribution in [1.29, 1.82) is 0 Å². The summed E-state index contributed by atoms with van der Waals surface area (Å²) >= 11 is 0. The van der Waals surface area contributed by atoms with E-state index in [0.717, 1.165) is 0 Å². The van der Waals surface area contributed by atoms with E-state index < -0.39 is 0 Å². The smallest absolute Gasteiger partial charge is 0.00248 e. The Morgan fingerprint density at radius 1 is 0.654 bits per heavy atom. The van der Waals surface area contributed by atoms with Crippen molar-refractivity contribution in [3.05, 3.63) is 42.0 Å². The highest BCUT2D eigenvalue weighted by Crippen LogP contribution is 2.14. The molecule has 0 N–H and O–H groups in total. The molecule has 0 aliphatic heterocycles. The summed E-state index contributed by atoms with van der Waals surface area (Å²) in [6, 6.07) is 8.84. The van der Waals surface area contributed by atoms with E-state index in [-0.39, 0.29) is 0 Å². The van der Waals surface area contributed by atoms with Crippen LogP contribution in [0.5, 0.6) is 0 Å². The summed E-state index contributed by atoms with van der Waals surface area (Å²) in [6.07, 6.45) is 21.6. The van der Waals surface area contributed by atoms with Crippen LogP contribution in [0.4, 0.5) is 0 Å². The van der Waals surface area contributed by atoms with Gasteiger partial charge in [-0.05, 0) is 51.0 Å². The van der Waals surface area contributed by atoms with Crippen molar-refractivity contribution in [3.8, 4) is 0 Å². The molecule has 26 heavy (non-hydrogen) atoms. The van der Waals surface area contributed by atoms with Crippen LogP contribution in [0.25, 0.3) is 6.08 Å². The summed E-state index contributed by atoms with van der Waals surface area (Å²) in [4.78, 5) is 2.29. The maximum atomic E-state index is 3.81. The molecule has 0 aliphatic rings. The zero-order chi connectivity index (χ0) is 18.9. The highest BCUT2D eigenvalue weighted by Gasteiger charge is 1.96. The third-order valence-corrected chi connectivity index (χ3v) is 5.29. The van der Waals surface area contributed by atoms with Crippen LogP contribution < -0.4 is 0 Å². The van der Waals surface area contributed by atoms with Gasteiger partial charge in [0.15, 0.2) is 0 Å². The Hall–Kier alpha value is -1.08. The molecule has 1 heteroatoms. The van der Waals surface area contributed by atoms with Gasteiger partial charge in [0, 0.05) is 0 Å². The molecule has 0 bridgehead atoms. The van der Waals surface area contributed by atoms with Crippen molar-refractivity contribution < 1.29 is 0 Å². The molecule has 0 fully saturated rings. The van der Waals surface area contributed by atoms with E-state index in [0.29, 0.717) is 0 Å². The van der Waals surface area contributed by atoms with Crippen LogP contribution in [-0.2, 0) is 6.42 Å². The molecule has 0 atom stereocenters. The van der Waals surface area contributed by atoms with Gasteiger partial charge in [0.05, 0.1) is 0 Å². The van der Waals surface area contributed by atoms with Gasteiger partial charge in [-0.3, -0.25) is 0 Å². The normalized spacial score (nSPS) is 11.2. The van der Waals surface area contributed by atoms with Gasteiger partial charge >= 0.3 is 0 Å². The minimum Gasteiger partial charge on any atom is -0.309 e. The predicted octanol–water partition coefficient (Wildman–Crippen LogP) is 7.51. The molecule has 1 rings (SSSR count). The first-order valence-electron chi connectivity index (χ1n) is 11.1. The number of hydrogen-bond donors (Lipinski definition) is 0. The van der Waals surface area contributed by atoms with Crippen LogP contribution >= 0.6 is 0 Å². The third kappa shape index (κ3) is 13.2. The first kappa shape index (κ1) is 23.0. The van der Waals surface area contributed by atoms with Crippen molar-refractivity contribution in [2.24, 2.45) is 0 Å². The quantitative estimate of drug-likeness (QED) is 0.261. The SMILES string of the molecule is C=Cc1ccc(CCCCCCCCCCCCCCCN(C)C)cc1. The van der Waals surface area contributed by atoms with Crippen molar-refractivity contribution in [2.45, 2.75) is 89.9 Å². The fourth-order valence-corrected chi connectivity index (χ4v) is 3.52. The molecule has 0 radical (unpaired) electrons. The summed E-state index contributed by atoms with van der Waals surface area (Å²) in [7, 11) is 4.34. The summed E-state index contributed by atoms with van der Waals surface area (Å²) in [6.45, 7) is 5.06. The number of hydrogen-bond acceptors (Lipinski definition) is 1. The Kier molecular flexibility index (Phi) is 14.2. The minimum atomic E-state index is 1.22. The van der Waals surface area contributed by atoms with Crippen LogP contribution in [0.2, 0.25) is 0 Å². The average molecular weight is 358 g/mol. The molecule has 148 valence electrons. The minimum absolute atomic E-state index is 1.22. The standard InChI is InChI=1S/C25H43N/c1-4-24-19-21-25(22-20-24)18-16-14-12-10-8-6-5-7-9-11-13-15-17-23-26(2)3/h4,19-22H,1,5-18,23H2,2-3H3. The molecular weight excluding hydrogens is 314 g/mol. The van der Waals surface area contributed by atoms with E-state index in [1.165, 1.54) is 108 Å². The lowest BCUT2D eigenvalue weighted by Gasteiger charge is -2.08. The maximum absolute atomic E-state index is 3.81. The number of aryl methyl sites for hydroxylation is 1. The molecule has 1 aromatic rings. The molecule has 1 nitrogen and oxygen atoms in total. The molecule has 0 spiro atoms. The zero-order valence-electron chi connectivity index (χ0n) is 17.6. The Morgan fingerprint density at radius 3 is 1.50 bits per heavy atom. The molecule has 0 heterocycles. The molecule has 0 amide bonds. The fourth-order valence-electron chi connectivity index (χ4n) is 3.52.